The van der Waals surface area contributed by atoms with Crippen LogP contribution in [-0.2, 0) is 14.4 Å². The molecule has 0 unspecified atom stereocenters. The van der Waals surface area contributed by atoms with E-state index in [1.54, 1.807) is 36.4 Å². The van der Waals surface area contributed by atoms with E-state index in [0.717, 1.165) is 9.80 Å². The van der Waals surface area contributed by atoms with Gasteiger partial charge in [-0.15, -0.1) is 0 Å². The van der Waals surface area contributed by atoms with Crippen molar-refractivity contribution in [2.45, 2.75) is 0 Å². The van der Waals surface area contributed by atoms with Crippen LogP contribution in [0.25, 0.3) is 10.2 Å². The molecule has 1 N–H and O–H groups in total. The number of nitrogens with one attached hydrogen (secondary N) is 1. The Labute approximate surface area is 195 Å². The van der Waals surface area contributed by atoms with Gasteiger partial charge in [-0.3, -0.25) is 24.2 Å². The van der Waals surface area contributed by atoms with Crippen LogP contribution < -0.4 is 10.1 Å². The fourth-order valence-corrected chi connectivity index (χ4v) is 4.37. The van der Waals surface area contributed by atoms with Gasteiger partial charge in [0.25, 0.3) is 17.0 Å². The summed E-state index contributed by atoms with van der Waals surface area (Å²) < 4.78 is 6.44. The maximum atomic E-state index is 12.5. The molecule has 4 rings (SSSR count). The lowest BCUT2D eigenvalue weighted by Gasteiger charge is -2.32. The van der Waals surface area contributed by atoms with E-state index < -0.39 is 29.7 Å². The second-order valence-corrected chi connectivity index (χ2v) is 8.56. The number of benzene rings is 2. The number of amides is 5. The second kappa shape index (κ2) is 8.38. The van der Waals surface area contributed by atoms with Crippen molar-refractivity contribution < 1.29 is 23.9 Å². The Balaban J connectivity index is 1.47. The number of hydrogen-bond donors (Lipinski definition) is 1. The normalized spacial score (nSPS) is 14.9. The first-order valence-electron chi connectivity index (χ1n) is 9.10. The summed E-state index contributed by atoms with van der Waals surface area (Å²) in [6.45, 7) is 0. The lowest BCUT2D eigenvalue weighted by atomic mass is 10.0. The van der Waals surface area contributed by atoms with Gasteiger partial charge in [0.2, 0.25) is 5.91 Å². The van der Waals surface area contributed by atoms with Crippen LogP contribution in [0.2, 0.25) is 10.0 Å². The fraction of sp³-hybridized carbons (Fsp3) is 0.150. The van der Waals surface area contributed by atoms with E-state index in [2.05, 4.69) is 10.3 Å². The molecule has 0 bridgehead atoms. The maximum absolute atomic E-state index is 12.5. The lowest BCUT2D eigenvalue weighted by molar-refractivity contribution is -0.151. The molecule has 1 aromatic heterocycles. The molecule has 1 saturated heterocycles. The van der Waals surface area contributed by atoms with Crippen LogP contribution >= 0.6 is 34.5 Å². The molecule has 2 heterocycles. The predicted molar refractivity (Wildman–Crippen MR) is 119 cm³/mol. The maximum Gasteiger partial charge on any atom is 0.332 e. The van der Waals surface area contributed by atoms with Crippen LogP contribution in [0.15, 0.2) is 36.4 Å². The largest absolute Gasteiger partial charge is 0.431 e. The highest BCUT2D eigenvalue weighted by molar-refractivity contribution is 7.21. The van der Waals surface area contributed by atoms with Gasteiger partial charge in [-0.1, -0.05) is 34.5 Å². The highest BCUT2D eigenvalue weighted by Crippen LogP contribution is 2.38. The van der Waals surface area contributed by atoms with Crippen LogP contribution in [0.4, 0.5) is 10.5 Å². The Kier molecular flexibility index (Phi) is 5.76. The van der Waals surface area contributed by atoms with Gasteiger partial charge in [0.1, 0.15) is 5.75 Å². The number of halogens is 2. The highest BCUT2D eigenvalue weighted by Gasteiger charge is 2.46. The zero-order valence-electron chi connectivity index (χ0n) is 16.6. The summed E-state index contributed by atoms with van der Waals surface area (Å²) in [6, 6.07) is 8.86. The molecule has 3 aromatic rings. The third kappa shape index (κ3) is 3.88. The van der Waals surface area contributed by atoms with E-state index in [0.29, 0.717) is 36.9 Å². The van der Waals surface area contributed by atoms with Crippen LogP contribution in [0.5, 0.6) is 10.9 Å². The van der Waals surface area contributed by atoms with Gasteiger partial charge in [-0.2, -0.15) is 0 Å². The molecule has 9 nitrogen and oxygen atoms in total. The Morgan fingerprint density at radius 2 is 1.66 bits per heavy atom. The molecule has 0 saturated carbocycles. The summed E-state index contributed by atoms with van der Waals surface area (Å²) in [6.07, 6.45) is 0. The number of ether oxygens (including phenoxy) is 1. The van der Waals surface area contributed by atoms with E-state index in [1.165, 1.54) is 25.4 Å². The van der Waals surface area contributed by atoms with Gasteiger partial charge in [0.15, 0.2) is 5.92 Å². The van der Waals surface area contributed by atoms with Crippen LogP contribution in [0.3, 0.4) is 0 Å². The Bertz CT molecular complexity index is 1250. The van der Waals surface area contributed by atoms with Crippen molar-refractivity contribution in [1.82, 2.24) is 14.8 Å². The van der Waals surface area contributed by atoms with E-state index in [4.69, 9.17) is 27.9 Å². The number of nitrogens with zero attached hydrogens (tertiary/aromatic N) is 3. The number of thiazole rings is 1. The van der Waals surface area contributed by atoms with Crippen molar-refractivity contribution >= 4 is 74.2 Å². The summed E-state index contributed by atoms with van der Waals surface area (Å²) in [5, 5.41) is 3.69. The first-order valence-corrected chi connectivity index (χ1v) is 10.7. The van der Waals surface area contributed by atoms with Gasteiger partial charge in [0.05, 0.1) is 20.3 Å². The SMILES string of the molecule is CN1C(=O)C(C(=O)Nc2ccc(Oc3nc4ccc(Cl)c(Cl)c4s3)cc2)C(=O)N(C)C1=O. The topological polar surface area (TPSA) is 109 Å². The van der Waals surface area contributed by atoms with Crippen molar-refractivity contribution in [3.05, 3.63) is 46.4 Å². The number of rotatable bonds is 4. The predicted octanol–water partition coefficient (Wildman–Crippen LogP) is 4.00. The minimum Gasteiger partial charge on any atom is -0.431 e. The molecule has 0 aliphatic carbocycles. The molecule has 1 aliphatic heterocycles. The zero-order valence-corrected chi connectivity index (χ0v) is 18.9. The molecule has 32 heavy (non-hydrogen) atoms. The van der Waals surface area contributed by atoms with Crippen LogP contribution in [-0.4, -0.2) is 52.6 Å². The number of hydrogen-bond acceptors (Lipinski definition) is 7. The van der Waals surface area contributed by atoms with Crippen LogP contribution in [0, 0.1) is 5.92 Å². The minimum atomic E-state index is -1.64. The standard InChI is InChI=1S/C20H14Cl2N4O5S/c1-25-17(28)13(18(29)26(2)20(25)30)16(27)23-9-3-5-10(6-4-9)31-19-24-12-8-7-11(21)14(22)15(12)32-19/h3-8,13H,1-2H3,(H,23,27). The average Bonchev–Trinajstić information content (AvgIpc) is 3.18. The zero-order chi connectivity index (χ0) is 23.2. The van der Waals surface area contributed by atoms with E-state index >= 15 is 0 Å². The van der Waals surface area contributed by atoms with Crippen molar-refractivity contribution in [3.63, 3.8) is 0 Å². The van der Waals surface area contributed by atoms with Crippen molar-refractivity contribution in [3.8, 4) is 10.9 Å². The Morgan fingerprint density at radius 1 is 1.03 bits per heavy atom. The summed E-state index contributed by atoms with van der Waals surface area (Å²) in [4.78, 5) is 54.7. The monoisotopic (exact) mass is 492 g/mol. The first kappa shape index (κ1) is 22.0. The van der Waals surface area contributed by atoms with Gasteiger partial charge < -0.3 is 10.1 Å². The number of imide groups is 2. The lowest BCUT2D eigenvalue weighted by Crippen LogP contribution is -2.59. The Hall–Kier alpha value is -3.21. The molecule has 0 radical (unpaired) electrons. The molecule has 1 fully saturated rings. The van der Waals surface area contributed by atoms with Crippen LogP contribution in [0.1, 0.15) is 0 Å². The van der Waals surface area contributed by atoms with Crippen molar-refractivity contribution in [1.29, 1.82) is 0 Å². The van der Waals surface area contributed by atoms with E-state index in [9.17, 15) is 19.2 Å². The number of fused-ring (bicyclic) bond motifs is 1. The molecule has 2 aromatic carbocycles. The van der Waals surface area contributed by atoms with Gasteiger partial charge in [-0.25, -0.2) is 9.78 Å². The average molecular weight is 493 g/mol. The van der Waals surface area contributed by atoms with Gasteiger partial charge in [-0.05, 0) is 36.4 Å². The minimum absolute atomic E-state index is 0.337. The molecule has 1 aliphatic rings. The Morgan fingerprint density at radius 3 is 2.28 bits per heavy atom. The number of aromatic nitrogens is 1. The van der Waals surface area contributed by atoms with E-state index in [1.807, 2.05) is 0 Å². The van der Waals surface area contributed by atoms with E-state index in [-0.39, 0.29) is 0 Å². The second-order valence-electron chi connectivity index (χ2n) is 6.82. The number of carbonyl (C=O) groups is 4. The first-order chi connectivity index (χ1) is 15.2. The third-order valence-electron chi connectivity index (χ3n) is 4.75. The number of carbonyl (C=O) groups excluding carboxylic acids is 4. The third-order valence-corrected chi connectivity index (χ3v) is 6.63. The summed E-state index contributed by atoms with van der Waals surface area (Å²) in [5.74, 6) is -3.80. The highest BCUT2D eigenvalue weighted by atomic mass is 35.5. The number of barbiturate groups is 1. The molecule has 5 amide bonds. The summed E-state index contributed by atoms with van der Waals surface area (Å²) in [5.41, 5.74) is 0.989. The van der Waals surface area contributed by atoms with Gasteiger partial charge in [0, 0.05) is 19.8 Å². The summed E-state index contributed by atoms with van der Waals surface area (Å²) >= 11 is 13.4. The van der Waals surface area contributed by atoms with Crippen molar-refractivity contribution in [2.75, 3.05) is 19.4 Å². The molecule has 0 atom stereocenters. The summed E-state index contributed by atoms with van der Waals surface area (Å²) in [7, 11) is 2.42. The number of urea groups is 1. The molecule has 12 heteroatoms. The quantitative estimate of drug-likeness (QED) is 0.551. The van der Waals surface area contributed by atoms with Crippen molar-refractivity contribution in [2.24, 2.45) is 5.92 Å². The molecular formula is C20H14Cl2N4O5S. The van der Waals surface area contributed by atoms with Gasteiger partial charge >= 0.3 is 6.03 Å². The molecular weight excluding hydrogens is 479 g/mol. The smallest absolute Gasteiger partial charge is 0.332 e. The molecule has 164 valence electrons. The molecule has 0 spiro atoms. The number of anilines is 1. The fourth-order valence-electron chi connectivity index (χ4n) is 3.01.